The number of carbonyl (C=O) groups excluding carboxylic acids is 2. The molecule has 3 rings (SSSR count). The lowest BCUT2D eigenvalue weighted by atomic mass is 10.1. The van der Waals surface area contributed by atoms with E-state index in [1.165, 1.54) is 0 Å². The number of hydrogen-bond donors (Lipinski definition) is 2. The Morgan fingerprint density at radius 2 is 1.40 bits per heavy atom. The first-order valence-electron chi connectivity index (χ1n) is 13.0. The molecule has 2 amide bonds. The second-order valence-corrected chi connectivity index (χ2v) is 20.1. The van der Waals surface area contributed by atoms with Gasteiger partial charge in [-0.3, -0.25) is 14.5 Å². The van der Waals surface area contributed by atoms with E-state index in [4.69, 9.17) is 8.54 Å². The summed E-state index contributed by atoms with van der Waals surface area (Å²) in [5.41, 5.74) is 2.06. The first-order valence-corrected chi connectivity index (χ1v) is 16.8. The highest BCUT2D eigenvalue weighted by Crippen LogP contribution is 2.41. The Kier molecular flexibility index (Phi) is 8.82. The molecule has 2 N–H and O–H groups in total. The Hall–Kier alpha value is -1.37. The Bertz CT molecular complexity index is 870. The predicted molar refractivity (Wildman–Crippen MR) is 141 cm³/mol. The zero-order valence-electron chi connectivity index (χ0n) is 22.4. The SMILES string of the molecule is CC(C)[SiH](O[Si](OCC1CC(N2C(=O)c3ccccc3C2=O)C(O)C1O)(C(C)C)C(C)C)C(C)C. The number of rotatable bonds is 10. The van der Waals surface area contributed by atoms with Crippen molar-refractivity contribution in [1.82, 2.24) is 4.90 Å². The van der Waals surface area contributed by atoms with Crippen molar-refractivity contribution in [3.63, 3.8) is 0 Å². The number of fused-ring (bicyclic) bond motifs is 1. The molecular weight excluding hydrogens is 478 g/mol. The molecule has 35 heavy (non-hydrogen) atoms. The minimum absolute atomic E-state index is 0.213. The normalized spacial score (nSPS) is 25.3. The number of nitrogens with zero attached hydrogens (tertiary/aromatic N) is 1. The zero-order valence-corrected chi connectivity index (χ0v) is 24.5. The van der Waals surface area contributed by atoms with Crippen LogP contribution in [-0.2, 0) is 8.54 Å². The summed E-state index contributed by atoms with van der Waals surface area (Å²) in [4.78, 5) is 27.1. The molecule has 1 saturated carbocycles. The van der Waals surface area contributed by atoms with Crippen LogP contribution in [0.15, 0.2) is 24.3 Å². The van der Waals surface area contributed by atoms with Gasteiger partial charge in [-0.05, 0) is 40.7 Å². The number of benzene rings is 1. The van der Waals surface area contributed by atoms with Crippen LogP contribution in [0.4, 0.5) is 0 Å². The second kappa shape index (κ2) is 10.9. The number of aliphatic hydroxyl groups excluding tert-OH is 2. The van der Waals surface area contributed by atoms with Crippen molar-refractivity contribution in [1.29, 1.82) is 0 Å². The van der Waals surface area contributed by atoms with E-state index >= 15 is 0 Å². The Labute approximate surface area is 212 Å². The van der Waals surface area contributed by atoms with Gasteiger partial charge in [-0.1, -0.05) is 67.5 Å². The second-order valence-electron chi connectivity index (χ2n) is 11.5. The molecule has 0 saturated heterocycles. The van der Waals surface area contributed by atoms with Crippen LogP contribution in [0.25, 0.3) is 0 Å². The van der Waals surface area contributed by atoms with Crippen LogP contribution in [-0.4, -0.2) is 69.4 Å². The average molecular weight is 522 g/mol. The highest BCUT2D eigenvalue weighted by atomic mass is 28.4. The lowest BCUT2D eigenvalue weighted by molar-refractivity contribution is -0.0126. The summed E-state index contributed by atoms with van der Waals surface area (Å²) in [6, 6.07) is 5.91. The molecule has 2 aliphatic rings. The third-order valence-electron chi connectivity index (χ3n) is 7.70. The van der Waals surface area contributed by atoms with Gasteiger partial charge >= 0.3 is 8.56 Å². The van der Waals surface area contributed by atoms with Crippen LogP contribution in [0, 0.1) is 5.92 Å². The summed E-state index contributed by atoms with van der Waals surface area (Å²) in [5, 5.41) is 21.8. The molecule has 0 spiro atoms. The van der Waals surface area contributed by atoms with Crippen LogP contribution in [0.3, 0.4) is 0 Å². The van der Waals surface area contributed by atoms with E-state index in [-0.39, 0.29) is 17.7 Å². The summed E-state index contributed by atoms with van der Waals surface area (Å²) in [6.45, 7) is 17.7. The highest BCUT2D eigenvalue weighted by molar-refractivity contribution is 6.78. The van der Waals surface area contributed by atoms with Gasteiger partial charge in [-0.25, -0.2) is 0 Å². The fraction of sp³-hybridized carbons (Fsp3) is 0.692. The molecule has 196 valence electrons. The molecule has 7 nitrogen and oxygen atoms in total. The Morgan fingerprint density at radius 1 is 0.914 bits per heavy atom. The molecule has 0 bridgehead atoms. The maximum absolute atomic E-state index is 13.0. The number of hydrogen-bond acceptors (Lipinski definition) is 6. The summed E-state index contributed by atoms with van der Waals surface area (Å²) in [6.07, 6.45) is -2.00. The molecule has 4 atom stereocenters. The van der Waals surface area contributed by atoms with Gasteiger partial charge in [0.2, 0.25) is 0 Å². The van der Waals surface area contributed by atoms with Crippen LogP contribution >= 0.6 is 0 Å². The van der Waals surface area contributed by atoms with Crippen molar-refractivity contribution in [3.8, 4) is 0 Å². The topological polar surface area (TPSA) is 96.3 Å². The fourth-order valence-corrected chi connectivity index (χ4v) is 16.2. The standard InChI is InChI=1S/C26H43NO6Si2/c1-15(2)34(16(3)4)33-35(17(5)6,18(7)8)32-14-19-13-22(24(29)23(19)28)27-25(30)20-11-9-10-12-21(20)26(27)31/h9-12,15-19,22-24,28-29,34H,13-14H2,1-8H3. The number of amides is 2. The highest BCUT2D eigenvalue weighted by Gasteiger charge is 2.53. The Balaban J connectivity index is 1.79. The van der Waals surface area contributed by atoms with E-state index in [0.717, 1.165) is 4.90 Å². The lowest BCUT2D eigenvalue weighted by Gasteiger charge is -2.43. The smallest absolute Gasteiger partial charge is 0.333 e. The molecule has 1 aromatic rings. The summed E-state index contributed by atoms with van der Waals surface area (Å²) in [7, 11) is -4.23. The Morgan fingerprint density at radius 3 is 1.83 bits per heavy atom. The van der Waals surface area contributed by atoms with Gasteiger partial charge < -0.3 is 18.8 Å². The quantitative estimate of drug-likeness (QED) is 0.353. The van der Waals surface area contributed by atoms with E-state index in [9.17, 15) is 19.8 Å². The first-order chi connectivity index (χ1) is 16.3. The molecule has 1 heterocycles. The van der Waals surface area contributed by atoms with Crippen molar-refractivity contribution in [2.75, 3.05) is 6.61 Å². The molecule has 1 aromatic carbocycles. The minimum atomic E-state index is -2.67. The number of aliphatic hydroxyl groups is 2. The van der Waals surface area contributed by atoms with E-state index in [0.29, 0.717) is 28.6 Å². The molecular formula is C26H43NO6Si2. The zero-order chi connectivity index (χ0) is 26.2. The van der Waals surface area contributed by atoms with Crippen molar-refractivity contribution < 1.29 is 28.3 Å². The minimum Gasteiger partial charge on any atom is -0.437 e. The summed E-state index contributed by atoms with van der Waals surface area (Å²) >= 11 is 0. The van der Waals surface area contributed by atoms with Crippen LogP contribution in [0.1, 0.15) is 82.5 Å². The van der Waals surface area contributed by atoms with Crippen molar-refractivity contribution in [3.05, 3.63) is 35.4 Å². The largest absolute Gasteiger partial charge is 0.437 e. The van der Waals surface area contributed by atoms with Gasteiger partial charge in [-0.15, -0.1) is 0 Å². The van der Waals surface area contributed by atoms with Crippen LogP contribution < -0.4 is 0 Å². The monoisotopic (exact) mass is 521 g/mol. The van der Waals surface area contributed by atoms with Gasteiger partial charge in [0.05, 0.1) is 23.3 Å². The molecule has 4 unspecified atom stereocenters. The van der Waals surface area contributed by atoms with E-state index in [1.54, 1.807) is 24.3 Å². The molecule has 1 aliphatic heterocycles. The van der Waals surface area contributed by atoms with Crippen LogP contribution in [0.5, 0.6) is 0 Å². The lowest BCUT2D eigenvalue weighted by Crippen LogP contribution is -2.54. The fourth-order valence-electron chi connectivity index (χ4n) is 5.83. The summed E-state index contributed by atoms with van der Waals surface area (Å²) in [5.74, 6) is -1.23. The average Bonchev–Trinajstić information content (AvgIpc) is 3.20. The van der Waals surface area contributed by atoms with Gasteiger partial charge in [0, 0.05) is 12.5 Å². The van der Waals surface area contributed by atoms with Crippen molar-refractivity contribution in [2.24, 2.45) is 5.92 Å². The van der Waals surface area contributed by atoms with E-state index < -0.39 is 53.6 Å². The van der Waals surface area contributed by atoms with Gasteiger partial charge in [0.25, 0.3) is 11.8 Å². The van der Waals surface area contributed by atoms with E-state index in [2.05, 4.69) is 55.4 Å². The van der Waals surface area contributed by atoms with Crippen molar-refractivity contribution >= 4 is 29.4 Å². The van der Waals surface area contributed by atoms with Crippen molar-refractivity contribution in [2.45, 2.75) is 102 Å². The number of carbonyl (C=O) groups is 2. The maximum atomic E-state index is 13.0. The molecule has 1 fully saturated rings. The predicted octanol–water partition coefficient (Wildman–Crippen LogP) is 4.23. The molecule has 9 heteroatoms. The molecule has 0 aromatic heterocycles. The third kappa shape index (κ3) is 5.21. The number of imide groups is 1. The van der Waals surface area contributed by atoms with Gasteiger partial charge in [0.1, 0.15) is 6.10 Å². The van der Waals surface area contributed by atoms with E-state index in [1.807, 2.05) is 0 Å². The van der Waals surface area contributed by atoms with Gasteiger partial charge in [-0.2, -0.15) is 0 Å². The maximum Gasteiger partial charge on any atom is 0.333 e. The van der Waals surface area contributed by atoms with Gasteiger partial charge in [0.15, 0.2) is 9.04 Å². The first kappa shape index (κ1) is 28.2. The molecule has 0 radical (unpaired) electrons. The molecule has 1 aliphatic carbocycles. The third-order valence-corrected chi connectivity index (χ3v) is 16.7. The van der Waals surface area contributed by atoms with Crippen LogP contribution in [0.2, 0.25) is 22.2 Å². The summed E-state index contributed by atoms with van der Waals surface area (Å²) < 4.78 is 13.7.